The number of carbonyl (C=O) groups excluding carboxylic acids is 15. The van der Waals surface area contributed by atoms with Crippen molar-refractivity contribution in [2.24, 2.45) is 17.4 Å². The molecule has 1 aliphatic heterocycles. The summed E-state index contributed by atoms with van der Waals surface area (Å²) in [6.45, 7) is 2.55. The minimum Gasteiger partial charge on any atom is -0.508 e. The second-order valence-corrected chi connectivity index (χ2v) is 33.9. The number of nitrogens with two attached hydrogens (primary N) is 2. The van der Waals surface area contributed by atoms with E-state index in [1.165, 1.54) is 83.8 Å². The molecule has 7 aromatic rings. The van der Waals surface area contributed by atoms with Crippen LogP contribution in [0.3, 0.4) is 0 Å². The van der Waals surface area contributed by atoms with Crippen molar-refractivity contribution in [1.82, 2.24) is 82.7 Å². The fourth-order valence-corrected chi connectivity index (χ4v) is 15.9. The number of nitrogens with one attached hydrogen (secondary N) is 12. The van der Waals surface area contributed by atoms with E-state index in [-0.39, 0.29) is 75.8 Å². The number of carboxylic acid groups (broad SMARTS) is 1. The third kappa shape index (κ3) is 31.5. The Morgan fingerprint density at radius 1 is 0.462 bits per heavy atom. The number of carbonyl (C=O) groups is 16. The first-order valence-corrected chi connectivity index (χ1v) is 44.4. The van der Waals surface area contributed by atoms with Crippen LogP contribution in [-0.4, -0.2) is 285 Å². The van der Waals surface area contributed by atoms with Crippen LogP contribution >= 0.6 is 11.8 Å². The number of aliphatic carboxylic acids is 1. The van der Waals surface area contributed by atoms with E-state index in [1.54, 1.807) is 135 Å². The normalized spacial score (nSPS) is 21.6. The summed E-state index contributed by atoms with van der Waals surface area (Å²) in [4.78, 5) is 244. The van der Waals surface area contributed by atoms with E-state index in [1.807, 2.05) is 6.92 Å². The van der Waals surface area contributed by atoms with Gasteiger partial charge in [-0.3, -0.25) is 82.1 Å². The molecule has 1 saturated heterocycles. The highest BCUT2D eigenvalue weighted by Crippen LogP contribution is 2.25. The van der Waals surface area contributed by atoms with Crippen molar-refractivity contribution < 1.29 is 92.0 Å². The number of aromatic nitrogens is 1. The average molecular weight is 1840 g/mol. The van der Waals surface area contributed by atoms with Gasteiger partial charge < -0.3 is 109 Å². The molecule has 8 rings (SSSR count). The largest absolute Gasteiger partial charge is 0.508 e. The van der Waals surface area contributed by atoms with Crippen LogP contribution in [0.5, 0.6) is 11.5 Å². The molecule has 0 spiro atoms. The Morgan fingerprint density at radius 2 is 0.917 bits per heavy atom. The summed E-state index contributed by atoms with van der Waals surface area (Å²) in [5.74, 6) is -18.1. The van der Waals surface area contributed by atoms with Crippen molar-refractivity contribution in [2.75, 3.05) is 72.9 Å². The molecule has 1 unspecified atom stereocenters. The van der Waals surface area contributed by atoms with Gasteiger partial charge in [-0.05, 0) is 88.9 Å². The maximum atomic E-state index is 15.5. The molecule has 2 heterocycles. The smallest absolute Gasteiger partial charge is 0.305 e. The summed E-state index contributed by atoms with van der Waals surface area (Å²) >= 11 is 0.792. The number of carboxylic acids is 1. The molecule has 1 aliphatic rings. The number of guanidine groups is 1. The second-order valence-electron chi connectivity index (χ2n) is 32.9. The Labute approximate surface area is 768 Å². The van der Waals surface area contributed by atoms with Crippen molar-refractivity contribution in [1.29, 1.82) is 5.41 Å². The quantitative estimate of drug-likeness (QED) is 0.0211. The molecular weight excluding hydrogens is 1720 g/mol. The number of benzene rings is 6. The molecule has 38 nitrogen and oxygen atoms in total. The monoisotopic (exact) mass is 1840 g/mol. The molecule has 19 N–H and O–H groups in total. The number of phenolic OH excluding ortho intramolecular Hbond substituents is 2. The van der Waals surface area contributed by atoms with E-state index in [0.29, 0.717) is 57.1 Å². The summed E-state index contributed by atoms with van der Waals surface area (Å²) in [6.07, 6.45) is -0.280. The third-order valence-corrected chi connectivity index (χ3v) is 23.4. The van der Waals surface area contributed by atoms with Crippen molar-refractivity contribution in [2.45, 2.75) is 164 Å². The molecule has 132 heavy (non-hydrogen) atoms. The molecule has 0 aliphatic carbocycles. The molecule has 0 radical (unpaired) electrons. The number of hydrogen-bond donors (Lipinski definition) is 17. The molecule has 1 fully saturated rings. The van der Waals surface area contributed by atoms with Gasteiger partial charge in [0.2, 0.25) is 88.6 Å². The summed E-state index contributed by atoms with van der Waals surface area (Å²) in [5, 5.41) is 65.9. The van der Waals surface area contributed by atoms with Crippen molar-refractivity contribution in [3.63, 3.8) is 0 Å². The summed E-state index contributed by atoms with van der Waals surface area (Å²) in [6, 6.07) is 26.5. The number of amides is 15. The van der Waals surface area contributed by atoms with Gasteiger partial charge in [-0.1, -0.05) is 167 Å². The Kier molecular flexibility index (Phi) is 39.4. The molecule has 0 bridgehead atoms. The Balaban J connectivity index is 1.22. The molecule has 39 heteroatoms. The van der Waals surface area contributed by atoms with Gasteiger partial charge in [-0.25, -0.2) is 0 Å². The molecule has 15 amide bonds. The molecule has 6 aromatic carbocycles. The first kappa shape index (κ1) is 103. The van der Waals surface area contributed by atoms with E-state index in [0.717, 1.165) is 36.3 Å². The molecule has 0 saturated carbocycles. The predicted molar refractivity (Wildman–Crippen MR) is 492 cm³/mol. The van der Waals surface area contributed by atoms with Crippen LogP contribution in [-0.2, 0) is 115 Å². The number of rotatable bonds is 25. The van der Waals surface area contributed by atoms with Crippen molar-refractivity contribution in [3.8, 4) is 11.5 Å². The maximum Gasteiger partial charge on any atom is 0.305 e. The Morgan fingerprint density at radius 3 is 1.46 bits per heavy atom. The maximum absolute atomic E-state index is 15.5. The van der Waals surface area contributed by atoms with Crippen molar-refractivity contribution >= 4 is 123 Å². The lowest BCUT2D eigenvalue weighted by molar-refractivity contribution is -0.151. The number of hydrogen-bond acceptors (Lipinski definition) is 20. The molecular formula is C93H119N19O19S. The number of fused-ring (bicyclic) bond motifs is 1. The van der Waals surface area contributed by atoms with Crippen LogP contribution in [0.4, 0.5) is 0 Å². The zero-order chi connectivity index (χ0) is 96.4. The first-order chi connectivity index (χ1) is 62.9. The number of thioether (sulfide) groups is 1. The van der Waals surface area contributed by atoms with Gasteiger partial charge in [0, 0.05) is 103 Å². The van der Waals surface area contributed by atoms with Gasteiger partial charge in [0.05, 0.1) is 31.8 Å². The van der Waals surface area contributed by atoms with E-state index in [9.17, 15) is 48.9 Å². The zero-order valence-corrected chi connectivity index (χ0v) is 75.8. The highest BCUT2D eigenvalue weighted by molar-refractivity contribution is 8.00. The predicted octanol–water partition coefficient (Wildman–Crippen LogP) is 0.544. The second kappa shape index (κ2) is 50.5. The SMILES string of the molecule is CCCC[C@H]1C(=O)N(C)CC(=O)N[C@@H](CC(=O)O)C(=O)N[C@@H](C(C)C)C(=O)N(C)C(Cc2ccccc2)C(=O)N[C@@H](Cc2ccc(O)cc2)C(=O)N(C)CC(=O)N[C@@H](Cc2c[nH]c3ccccc23)C(=O)N[C@@H](Cc2ccc(O)cc2)C(=O)N[C@@H](CCCNC(=N)N)C(=O)N[C@H](C(=O)NCC(N)=O)CSCC(=O)N[C@@H](Cc2ccccc2)C(=O)N(C)[C@@H](Cc2ccccc2)C(=O)N1C. The van der Waals surface area contributed by atoms with E-state index >= 15 is 43.2 Å². The number of aromatic amines is 1. The standard InChI is InChI=1S/C93H119N19O19S/c1-9-10-32-73-90(129)109(5)52-78(117)101-69(48-80(119)120)86(125)107-81(55(2)3)92(131)111(7)74(45-57-25-16-12-17-26-57)87(126)105-70(44-60-35-39-63(114)40-36-60)88(127)108(4)51-77(116)100-68(47-61-49-98-65-30-21-20-29-64(61)65)85(124)104-67(42-59-33-37-62(113)38-34-59)84(123)103-66(31-22-41-97-93(95)96)83(122)106-72(82(121)99-50-76(94)115)53-132-54-79(118)102-71(43-56-23-14-11-15-24-56)89(128)112(8)75(91(130)110(73)6)46-58-27-18-13-19-28-58/h11-21,23-30,33-40,49,55,66-75,81,98,113-114H,9-10,22,31-32,41-48,50-54H2,1-8H3,(H2,94,115)(H,99,121)(H,100,116)(H,101,117)(H,102,118)(H,103,123)(H,104,124)(H,105,126)(H,106,122)(H,107,125)(H,119,120)(H4,95,96,97)/t66-,67-,68-,69-,70-,71-,72-,73-,74?,75-,81-/m0/s1. The van der Waals surface area contributed by atoms with E-state index in [4.69, 9.17) is 16.9 Å². The van der Waals surface area contributed by atoms with E-state index in [2.05, 4.69) is 58.2 Å². The molecule has 706 valence electrons. The topological polar surface area (TPSA) is 562 Å². The van der Waals surface area contributed by atoms with Gasteiger partial charge in [0.25, 0.3) is 0 Å². The van der Waals surface area contributed by atoms with Gasteiger partial charge >= 0.3 is 5.97 Å². The third-order valence-electron chi connectivity index (χ3n) is 22.3. The lowest BCUT2D eigenvalue weighted by atomic mass is 9.98. The van der Waals surface area contributed by atoms with Crippen LogP contribution in [0.25, 0.3) is 10.9 Å². The van der Waals surface area contributed by atoms with Crippen LogP contribution in [0.2, 0.25) is 0 Å². The zero-order valence-electron chi connectivity index (χ0n) is 75.0. The summed E-state index contributed by atoms with van der Waals surface area (Å²) < 4.78 is 0. The van der Waals surface area contributed by atoms with Gasteiger partial charge in [0.1, 0.15) is 78.0 Å². The average Bonchev–Trinajstić information content (AvgIpc) is 1.03. The highest BCUT2D eigenvalue weighted by atomic mass is 32.2. The lowest BCUT2D eigenvalue weighted by Gasteiger charge is -2.37. The number of aromatic hydroxyl groups is 2. The van der Waals surface area contributed by atoms with Crippen LogP contribution in [0, 0.1) is 11.3 Å². The number of H-pyrrole nitrogens is 1. The van der Waals surface area contributed by atoms with Crippen LogP contribution < -0.4 is 64.6 Å². The number of nitrogens with zero attached hydrogens (tertiary/aromatic N) is 5. The van der Waals surface area contributed by atoms with E-state index < -0.39 is 210 Å². The fourth-order valence-electron chi connectivity index (χ4n) is 15.0. The fraction of sp³-hybridized carbons (Fsp3) is 0.409. The first-order valence-electron chi connectivity index (χ1n) is 43.2. The van der Waals surface area contributed by atoms with Gasteiger partial charge in [-0.15, -0.1) is 11.8 Å². The molecule has 1 aromatic heterocycles. The number of likely N-dealkylation sites (N-methyl/N-ethyl adjacent to an activating group) is 5. The van der Waals surface area contributed by atoms with Gasteiger partial charge in [0.15, 0.2) is 5.96 Å². The van der Waals surface area contributed by atoms with Crippen LogP contribution in [0.1, 0.15) is 92.7 Å². The Bertz CT molecular complexity index is 5190. The van der Waals surface area contributed by atoms with Crippen molar-refractivity contribution in [3.05, 3.63) is 203 Å². The number of primary amides is 1. The number of para-hydroxylation sites is 1. The number of phenols is 2. The summed E-state index contributed by atoms with van der Waals surface area (Å²) in [5.41, 5.74) is 14.6. The minimum atomic E-state index is -1.91. The minimum absolute atomic E-state index is 0.00206. The number of unbranched alkanes of at least 4 members (excludes halogenated alkanes) is 1. The Hall–Kier alpha value is -14.4. The summed E-state index contributed by atoms with van der Waals surface area (Å²) in [7, 11) is 6.48. The van der Waals surface area contributed by atoms with Crippen LogP contribution in [0.15, 0.2) is 170 Å². The molecule has 11 atom stereocenters. The lowest BCUT2D eigenvalue weighted by Crippen LogP contribution is -2.61. The highest BCUT2D eigenvalue weighted by Gasteiger charge is 2.42. The van der Waals surface area contributed by atoms with Gasteiger partial charge in [-0.2, -0.15) is 0 Å².